The Bertz CT molecular complexity index is 340. The van der Waals surface area contributed by atoms with Gasteiger partial charge in [-0.2, -0.15) is 13.2 Å². The molecular weight excluding hydrogens is 259 g/mol. The lowest BCUT2D eigenvalue weighted by molar-refractivity contribution is -0.192. The van der Waals surface area contributed by atoms with E-state index in [-0.39, 0.29) is 11.5 Å². The number of carboxylic acids is 2. The van der Waals surface area contributed by atoms with E-state index in [1.807, 2.05) is 0 Å². The second kappa shape index (κ2) is 5.11. The summed E-state index contributed by atoms with van der Waals surface area (Å²) < 4.78 is 36.8. The SMILES string of the molecule is O=C(O)C(F)(F)F.O=C(O)C1CC2(CN1)COC2. The van der Waals surface area contributed by atoms with Crippen molar-refractivity contribution in [2.24, 2.45) is 5.41 Å². The summed E-state index contributed by atoms with van der Waals surface area (Å²) in [5.41, 5.74) is 0.156. The van der Waals surface area contributed by atoms with Crippen LogP contribution >= 0.6 is 0 Å². The summed E-state index contributed by atoms with van der Waals surface area (Å²) in [5, 5.41) is 18.8. The number of alkyl halides is 3. The fourth-order valence-corrected chi connectivity index (χ4v) is 1.70. The summed E-state index contributed by atoms with van der Waals surface area (Å²) in [6.07, 6.45) is -4.36. The van der Waals surface area contributed by atoms with Crippen molar-refractivity contribution in [2.45, 2.75) is 18.6 Å². The lowest BCUT2D eigenvalue weighted by Crippen LogP contribution is -2.44. The van der Waals surface area contributed by atoms with Gasteiger partial charge in [0.1, 0.15) is 6.04 Å². The van der Waals surface area contributed by atoms with Crippen molar-refractivity contribution in [3.63, 3.8) is 0 Å². The van der Waals surface area contributed by atoms with Crippen LogP contribution in [0.5, 0.6) is 0 Å². The number of ether oxygens (including phenoxy) is 1. The average Bonchev–Trinajstić information content (AvgIpc) is 2.60. The zero-order valence-electron chi connectivity index (χ0n) is 9.16. The maximum absolute atomic E-state index is 10.6. The van der Waals surface area contributed by atoms with Crippen molar-refractivity contribution >= 4 is 11.9 Å². The van der Waals surface area contributed by atoms with Gasteiger partial charge in [-0.05, 0) is 6.42 Å². The van der Waals surface area contributed by atoms with Crippen LogP contribution in [0.2, 0.25) is 0 Å². The molecule has 1 atom stereocenters. The first-order valence-corrected chi connectivity index (χ1v) is 5.00. The van der Waals surface area contributed by atoms with Gasteiger partial charge in [0.2, 0.25) is 0 Å². The van der Waals surface area contributed by atoms with Crippen LogP contribution in [0, 0.1) is 5.41 Å². The Morgan fingerprint density at radius 3 is 1.94 bits per heavy atom. The Labute approximate surface area is 99.7 Å². The minimum absolute atomic E-state index is 0.156. The molecule has 2 saturated heterocycles. The number of hydrogen-bond acceptors (Lipinski definition) is 4. The van der Waals surface area contributed by atoms with Crippen LogP contribution in [0.25, 0.3) is 0 Å². The molecule has 2 heterocycles. The van der Waals surface area contributed by atoms with Crippen LogP contribution < -0.4 is 5.32 Å². The van der Waals surface area contributed by atoms with Crippen LogP contribution in [0.4, 0.5) is 13.2 Å². The summed E-state index contributed by atoms with van der Waals surface area (Å²) in [6, 6.07) is -0.348. The van der Waals surface area contributed by atoms with E-state index in [1.165, 1.54) is 0 Å². The molecular formula is C9H12F3NO5. The molecule has 2 aliphatic heterocycles. The standard InChI is InChI=1S/C7H11NO3.C2HF3O2/c9-6(10)5-1-7(2-8-5)3-11-4-7;3-2(4,5)1(6)7/h5,8H,1-4H2,(H,9,10);(H,6,7). The molecule has 3 N–H and O–H groups in total. The van der Waals surface area contributed by atoms with Crippen LogP contribution in [-0.2, 0) is 14.3 Å². The summed E-state index contributed by atoms with van der Waals surface area (Å²) >= 11 is 0. The molecule has 2 rings (SSSR count). The van der Waals surface area contributed by atoms with E-state index in [0.717, 1.165) is 26.2 Å². The van der Waals surface area contributed by atoms with Gasteiger partial charge in [-0.15, -0.1) is 0 Å². The highest BCUT2D eigenvalue weighted by atomic mass is 19.4. The van der Waals surface area contributed by atoms with Crippen molar-refractivity contribution in [1.29, 1.82) is 0 Å². The molecule has 1 unspecified atom stereocenters. The maximum atomic E-state index is 10.6. The first-order chi connectivity index (χ1) is 8.16. The zero-order valence-corrected chi connectivity index (χ0v) is 9.16. The number of halogens is 3. The Balaban J connectivity index is 0.000000203. The van der Waals surface area contributed by atoms with Gasteiger partial charge in [0.25, 0.3) is 0 Å². The van der Waals surface area contributed by atoms with E-state index < -0.39 is 18.1 Å². The van der Waals surface area contributed by atoms with Gasteiger partial charge in [0.15, 0.2) is 0 Å². The van der Waals surface area contributed by atoms with Gasteiger partial charge in [0, 0.05) is 12.0 Å². The molecule has 0 amide bonds. The lowest BCUT2D eigenvalue weighted by atomic mass is 9.84. The quantitative estimate of drug-likeness (QED) is 0.625. The predicted octanol–water partition coefficient (Wildman–Crippen LogP) is 0.0828. The molecule has 6 nitrogen and oxygen atoms in total. The average molecular weight is 271 g/mol. The molecule has 2 aliphatic rings. The normalized spacial score (nSPS) is 24.9. The molecule has 9 heteroatoms. The summed E-state index contributed by atoms with van der Waals surface area (Å²) in [4.78, 5) is 19.4. The fraction of sp³-hybridized carbons (Fsp3) is 0.778. The largest absolute Gasteiger partial charge is 0.490 e. The van der Waals surface area contributed by atoms with Crippen molar-refractivity contribution in [3.05, 3.63) is 0 Å². The van der Waals surface area contributed by atoms with E-state index in [2.05, 4.69) is 5.32 Å². The first-order valence-electron chi connectivity index (χ1n) is 5.00. The van der Waals surface area contributed by atoms with Crippen molar-refractivity contribution in [1.82, 2.24) is 5.32 Å². The number of hydrogen-bond donors (Lipinski definition) is 3. The van der Waals surface area contributed by atoms with Gasteiger partial charge in [-0.1, -0.05) is 0 Å². The second-order valence-corrected chi connectivity index (χ2v) is 4.27. The minimum Gasteiger partial charge on any atom is -0.480 e. The highest BCUT2D eigenvalue weighted by Crippen LogP contribution is 2.36. The van der Waals surface area contributed by atoms with Gasteiger partial charge in [-0.3, -0.25) is 4.79 Å². The van der Waals surface area contributed by atoms with Crippen molar-refractivity contribution in [3.8, 4) is 0 Å². The van der Waals surface area contributed by atoms with Gasteiger partial charge in [-0.25, -0.2) is 4.79 Å². The fourth-order valence-electron chi connectivity index (χ4n) is 1.70. The van der Waals surface area contributed by atoms with E-state index in [9.17, 15) is 18.0 Å². The van der Waals surface area contributed by atoms with E-state index >= 15 is 0 Å². The highest BCUT2D eigenvalue weighted by molar-refractivity contribution is 5.74. The second-order valence-electron chi connectivity index (χ2n) is 4.27. The molecule has 0 aromatic heterocycles. The van der Waals surface area contributed by atoms with Crippen LogP contribution in [0.3, 0.4) is 0 Å². The van der Waals surface area contributed by atoms with E-state index in [0.29, 0.717) is 0 Å². The summed E-state index contributed by atoms with van der Waals surface area (Å²) in [6.45, 7) is 2.25. The Morgan fingerprint density at radius 2 is 1.78 bits per heavy atom. The van der Waals surface area contributed by atoms with E-state index in [4.69, 9.17) is 19.7 Å². The molecule has 0 aliphatic carbocycles. The molecule has 0 saturated carbocycles. The Hall–Kier alpha value is -1.35. The van der Waals surface area contributed by atoms with Crippen LogP contribution in [0.1, 0.15) is 6.42 Å². The van der Waals surface area contributed by atoms with Crippen molar-refractivity contribution in [2.75, 3.05) is 19.8 Å². The zero-order chi connectivity index (χ0) is 14.0. The topological polar surface area (TPSA) is 95.9 Å². The summed E-state index contributed by atoms with van der Waals surface area (Å²) in [7, 11) is 0. The monoisotopic (exact) mass is 271 g/mol. The molecule has 18 heavy (non-hydrogen) atoms. The molecule has 0 bridgehead atoms. The molecule has 0 radical (unpaired) electrons. The molecule has 0 aromatic rings. The third-order valence-electron chi connectivity index (χ3n) is 2.72. The van der Waals surface area contributed by atoms with Gasteiger partial charge < -0.3 is 20.3 Å². The number of carbonyl (C=O) groups is 2. The smallest absolute Gasteiger partial charge is 0.480 e. The van der Waals surface area contributed by atoms with Gasteiger partial charge >= 0.3 is 18.1 Å². The summed E-state index contributed by atoms with van der Waals surface area (Å²) in [5.74, 6) is -3.50. The third-order valence-corrected chi connectivity index (χ3v) is 2.72. The van der Waals surface area contributed by atoms with Crippen LogP contribution in [-0.4, -0.2) is 54.1 Å². The Kier molecular flexibility index (Phi) is 4.17. The molecule has 0 aromatic carbocycles. The minimum atomic E-state index is -5.08. The lowest BCUT2D eigenvalue weighted by Gasteiger charge is -2.37. The number of carboxylic acid groups (broad SMARTS) is 2. The number of rotatable bonds is 1. The number of aliphatic carboxylic acids is 2. The molecule has 1 spiro atoms. The third kappa shape index (κ3) is 3.57. The first kappa shape index (κ1) is 14.7. The number of nitrogens with one attached hydrogen (secondary N) is 1. The Morgan fingerprint density at radius 1 is 1.28 bits per heavy atom. The highest BCUT2D eigenvalue weighted by Gasteiger charge is 2.47. The predicted molar refractivity (Wildman–Crippen MR) is 51.0 cm³/mol. The molecule has 2 fully saturated rings. The van der Waals surface area contributed by atoms with Crippen LogP contribution in [0.15, 0.2) is 0 Å². The van der Waals surface area contributed by atoms with Crippen molar-refractivity contribution < 1.29 is 37.7 Å². The van der Waals surface area contributed by atoms with Gasteiger partial charge in [0.05, 0.1) is 13.2 Å². The van der Waals surface area contributed by atoms with E-state index in [1.54, 1.807) is 0 Å². The maximum Gasteiger partial charge on any atom is 0.490 e. The molecule has 104 valence electrons.